The second kappa shape index (κ2) is 11.8. The molecule has 39 heavy (non-hydrogen) atoms. The van der Waals surface area contributed by atoms with Crippen LogP contribution in [0.25, 0.3) is 22.6 Å². The van der Waals surface area contributed by atoms with Crippen LogP contribution >= 0.6 is 11.6 Å². The summed E-state index contributed by atoms with van der Waals surface area (Å²) in [4.78, 5) is 30.5. The van der Waals surface area contributed by atoms with Gasteiger partial charge in [0.05, 0.1) is 0 Å². The average Bonchev–Trinajstić information content (AvgIpc) is 3.35. The first-order chi connectivity index (χ1) is 18.9. The molecule has 0 aliphatic carbocycles. The van der Waals surface area contributed by atoms with E-state index in [1.54, 1.807) is 18.2 Å². The van der Waals surface area contributed by atoms with E-state index in [2.05, 4.69) is 20.9 Å². The Labute approximate surface area is 231 Å². The summed E-state index contributed by atoms with van der Waals surface area (Å²) in [7, 11) is 0. The van der Waals surface area contributed by atoms with E-state index < -0.39 is 5.54 Å². The second-order valence-corrected chi connectivity index (χ2v) is 10.2. The van der Waals surface area contributed by atoms with Crippen LogP contribution in [0.3, 0.4) is 0 Å². The molecule has 0 unspecified atom stereocenters. The lowest BCUT2D eigenvalue weighted by Gasteiger charge is -2.37. The van der Waals surface area contributed by atoms with Gasteiger partial charge in [0.15, 0.2) is 0 Å². The Hall–Kier alpha value is -3.94. The number of aromatic amines is 1. The molecule has 6 nitrogen and oxygen atoms in total. The predicted molar refractivity (Wildman–Crippen MR) is 154 cm³/mol. The molecule has 0 bridgehead atoms. The number of aromatic nitrogens is 1. The van der Waals surface area contributed by atoms with Gasteiger partial charge in [-0.2, -0.15) is 0 Å². The van der Waals surface area contributed by atoms with Crippen LogP contribution in [0.1, 0.15) is 29.5 Å². The van der Waals surface area contributed by atoms with Gasteiger partial charge in [-0.1, -0.05) is 54.1 Å². The molecule has 4 aromatic rings. The molecular weight excluding hydrogens is 515 g/mol. The fourth-order valence-electron chi connectivity index (χ4n) is 5.01. The molecular formula is C31H30ClFN4O2. The van der Waals surface area contributed by atoms with Crippen molar-refractivity contribution in [1.82, 2.24) is 20.9 Å². The zero-order valence-corrected chi connectivity index (χ0v) is 22.2. The summed E-state index contributed by atoms with van der Waals surface area (Å²) in [6.07, 6.45) is 5.11. The van der Waals surface area contributed by atoms with Crippen LogP contribution in [0, 0.1) is 5.82 Å². The minimum Gasteiger partial charge on any atom is -0.361 e. The van der Waals surface area contributed by atoms with E-state index in [4.69, 9.17) is 11.6 Å². The molecule has 1 aromatic heterocycles. The van der Waals surface area contributed by atoms with Crippen molar-refractivity contribution in [2.75, 3.05) is 19.6 Å². The molecule has 200 valence electrons. The van der Waals surface area contributed by atoms with E-state index in [-0.39, 0.29) is 17.6 Å². The number of benzene rings is 3. The molecule has 4 N–H and O–H groups in total. The monoisotopic (exact) mass is 544 g/mol. The maximum atomic E-state index is 13.8. The first kappa shape index (κ1) is 26.7. The van der Waals surface area contributed by atoms with E-state index in [0.717, 1.165) is 27.6 Å². The van der Waals surface area contributed by atoms with Crippen molar-refractivity contribution in [3.8, 4) is 0 Å². The van der Waals surface area contributed by atoms with Crippen LogP contribution in [-0.2, 0) is 16.0 Å². The number of amides is 2. The Morgan fingerprint density at radius 3 is 2.49 bits per heavy atom. The van der Waals surface area contributed by atoms with Gasteiger partial charge in [0, 0.05) is 34.2 Å². The molecule has 0 radical (unpaired) electrons. The Kier molecular flexibility index (Phi) is 8.10. The van der Waals surface area contributed by atoms with Crippen molar-refractivity contribution in [2.24, 2.45) is 0 Å². The fourth-order valence-corrected chi connectivity index (χ4v) is 5.13. The minimum atomic E-state index is -1.05. The van der Waals surface area contributed by atoms with E-state index in [9.17, 15) is 14.0 Å². The van der Waals surface area contributed by atoms with Crippen LogP contribution < -0.4 is 16.0 Å². The molecule has 0 spiro atoms. The fraction of sp³-hybridized carbons (Fsp3) is 0.226. The van der Waals surface area contributed by atoms with Crippen LogP contribution in [0.15, 0.2) is 79.0 Å². The van der Waals surface area contributed by atoms with Crippen LogP contribution in [0.5, 0.6) is 0 Å². The quantitative estimate of drug-likeness (QED) is 0.184. The molecule has 1 saturated heterocycles. The third-order valence-corrected chi connectivity index (χ3v) is 7.42. The summed E-state index contributed by atoms with van der Waals surface area (Å²) in [5, 5.41) is 10.8. The molecule has 0 saturated carbocycles. The Morgan fingerprint density at radius 1 is 1.00 bits per heavy atom. The number of hydrogen-bond donors (Lipinski definition) is 4. The van der Waals surface area contributed by atoms with Crippen molar-refractivity contribution >= 4 is 46.0 Å². The highest BCUT2D eigenvalue weighted by Crippen LogP contribution is 2.25. The summed E-state index contributed by atoms with van der Waals surface area (Å²) in [5.74, 6) is -0.841. The van der Waals surface area contributed by atoms with Gasteiger partial charge < -0.3 is 20.9 Å². The second-order valence-electron chi connectivity index (χ2n) is 9.77. The number of carbonyl (C=O) groups is 2. The van der Waals surface area contributed by atoms with Gasteiger partial charge in [-0.05, 0) is 85.5 Å². The normalized spacial score (nSPS) is 15.2. The number of nitrogens with one attached hydrogen (secondary N) is 4. The topological polar surface area (TPSA) is 86.0 Å². The number of piperidine rings is 1. The Bertz CT molecular complexity index is 1490. The van der Waals surface area contributed by atoms with E-state index in [1.807, 2.05) is 54.7 Å². The number of hydrogen-bond acceptors (Lipinski definition) is 3. The van der Waals surface area contributed by atoms with Crippen molar-refractivity contribution in [3.63, 3.8) is 0 Å². The van der Waals surface area contributed by atoms with Gasteiger partial charge in [0.25, 0.3) is 5.91 Å². The summed E-state index contributed by atoms with van der Waals surface area (Å²) in [6.45, 7) is 1.58. The molecule has 5 rings (SSSR count). The van der Waals surface area contributed by atoms with Crippen LogP contribution in [-0.4, -0.2) is 42.0 Å². The average molecular weight is 545 g/mol. The molecule has 1 aliphatic rings. The zero-order chi connectivity index (χ0) is 27.2. The summed E-state index contributed by atoms with van der Waals surface area (Å²) in [5.41, 5.74) is 2.76. The zero-order valence-electron chi connectivity index (χ0n) is 21.4. The standard InChI is InChI=1S/C31H30ClFN4O2/c32-24-8-6-21(7-9-24)18-27(22-4-2-1-3-5-22)29(38)37-31(13-16-34-17-14-31)30(39)35-15-12-23-20-36-28-11-10-25(33)19-26(23)28/h1-11,18-20,34,36H,12-17H2,(H,35,39)(H,37,38)/b27-18+. The number of carbonyl (C=O) groups excluding carboxylic acids is 2. The maximum absolute atomic E-state index is 13.8. The van der Waals surface area contributed by atoms with E-state index in [1.165, 1.54) is 12.1 Å². The van der Waals surface area contributed by atoms with Crippen molar-refractivity contribution in [3.05, 3.63) is 107 Å². The first-order valence-electron chi connectivity index (χ1n) is 13.0. The Balaban J connectivity index is 1.35. The van der Waals surface area contributed by atoms with E-state index in [0.29, 0.717) is 49.5 Å². The number of rotatable bonds is 8. The molecule has 3 aromatic carbocycles. The van der Waals surface area contributed by atoms with Crippen molar-refractivity contribution < 1.29 is 14.0 Å². The van der Waals surface area contributed by atoms with Gasteiger partial charge in [0.2, 0.25) is 5.91 Å². The van der Waals surface area contributed by atoms with Crippen LogP contribution in [0.4, 0.5) is 4.39 Å². The first-order valence-corrected chi connectivity index (χ1v) is 13.4. The maximum Gasteiger partial charge on any atom is 0.252 e. The number of fused-ring (bicyclic) bond motifs is 1. The van der Waals surface area contributed by atoms with Gasteiger partial charge in [-0.15, -0.1) is 0 Å². The third-order valence-electron chi connectivity index (χ3n) is 7.16. The van der Waals surface area contributed by atoms with Gasteiger partial charge in [-0.3, -0.25) is 9.59 Å². The van der Waals surface area contributed by atoms with E-state index >= 15 is 0 Å². The van der Waals surface area contributed by atoms with Gasteiger partial charge in [0.1, 0.15) is 11.4 Å². The largest absolute Gasteiger partial charge is 0.361 e. The highest BCUT2D eigenvalue weighted by molar-refractivity contribution is 6.30. The minimum absolute atomic E-state index is 0.220. The molecule has 1 aliphatic heterocycles. The van der Waals surface area contributed by atoms with Crippen LogP contribution in [0.2, 0.25) is 5.02 Å². The summed E-state index contributed by atoms with van der Waals surface area (Å²) in [6, 6.07) is 21.3. The number of halogens is 2. The Morgan fingerprint density at radius 2 is 1.74 bits per heavy atom. The molecule has 1 fully saturated rings. The molecule has 8 heteroatoms. The van der Waals surface area contributed by atoms with Gasteiger partial charge in [-0.25, -0.2) is 4.39 Å². The summed E-state index contributed by atoms with van der Waals surface area (Å²) < 4.78 is 13.8. The highest BCUT2D eigenvalue weighted by Gasteiger charge is 2.41. The molecule has 2 heterocycles. The smallest absolute Gasteiger partial charge is 0.252 e. The summed E-state index contributed by atoms with van der Waals surface area (Å²) >= 11 is 6.05. The van der Waals surface area contributed by atoms with Crippen molar-refractivity contribution in [1.29, 1.82) is 0 Å². The molecule has 0 atom stereocenters. The lowest BCUT2D eigenvalue weighted by Crippen LogP contribution is -2.63. The number of H-pyrrole nitrogens is 1. The SMILES string of the molecule is O=C(NC1(C(=O)NCCc2c[nH]c3ccc(F)cc23)CCNCC1)/C(=C/c1ccc(Cl)cc1)c1ccccc1. The lowest BCUT2D eigenvalue weighted by molar-refractivity contribution is -0.132. The predicted octanol–water partition coefficient (Wildman–Crippen LogP) is 5.10. The lowest BCUT2D eigenvalue weighted by atomic mass is 9.86. The van der Waals surface area contributed by atoms with Crippen molar-refractivity contribution in [2.45, 2.75) is 24.8 Å². The van der Waals surface area contributed by atoms with Gasteiger partial charge >= 0.3 is 0 Å². The molecule has 2 amide bonds. The highest BCUT2D eigenvalue weighted by atomic mass is 35.5. The third kappa shape index (κ3) is 6.21.